The number of aliphatic hydroxyl groups excluding tert-OH is 2. The van der Waals surface area contributed by atoms with Gasteiger partial charge < -0.3 is 102 Å². The third-order valence-electron chi connectivity index (χ3n) is 13.8. The van der Waals surface area contributed by atoms with Gasteiger partial charge in [0.2, 0.25) is 65.0 Å². The Kier molecular flexibility index (Phi) is 34.9. The Labute approximate surface area is 507 Å². The molecule has 2 rings (SSSR count). The number of amides is 11. The molecular formula is C56H96N16O15. The molecule has 1 aliphatic rings. The number of nitrogens with two attached hydrogens (primary N) is 5. The van der Waals surface area contributed by atoms with Gasteiger partial charge in [-0.2, -0.15) is 0 Å². The number of carbonyl (C=O) groups is 12. The summed E-state index contributed by atoms with van der Waals surface area (Å²) in [6, 6.07) is -6.70. The van der Waals surface area contributed by atoms with Gasteiger partial charge in [0.25, 0.3) is 0 Å². The quantitative estimate of drug-likeness (QED) is 0.0332. The first-order chi connectivity index (χ1) is 41.2. The van der Waals surface area contributed by atoms with E-state index in [1.807, 2.05) is 6.92 Å². The summed E-state index contributed by atoms with van der Waals surface area (Å²) in [5.74, 6) is -11.2. The van der Waals surface area contributed by atoms with Gasteiger partial charge in [0.1, 0.15) is 60.4 Å². The van der Waals surface area contributed by atoms with E-state index in [1.165, 1.54) is 6.92 Å². The number of hydrogen-bond acceptors (Lipinski definition) is 20. The summed E-state index contributed by atoms with van der Waals surface area (Å²) < 4.78 is 5.28. The van der Waals surface area contributed by atoms with Crippen molar-refractivity contribution in [1.82, 2.24) is 58.5 Å². The molecule has 11 amide bonds. The van der Waals surface area contributed by atoms with Crippen LogP contribution in [0.5, 0.6) is 0 Å². The predicted octanol–water partition coefficient (Wildman–Crippen LogP) is -6.34. The van der Waals surface area contributed by atoms with Gasteiger partial charge in [-0.3, -0.25) is 57.5 Å². The van der Waals surface area contributed by atoms with Crippen LogP contribution in [-0.2, 0) is 68.7 Å². The molecule has 0 saturated carbocycles. The molecule has 1 aromatic carbocycles. The summed E-state index contributed by atoms with van der Waals surface area (Å²) in [6.45, 7) is 8.17. The third-order valence-corrected chi connectivity index (χ3v) is 13.8. The minimum absolute atomic E-state index is 0.0339. The SMILES string of the molecule is CCC[C@@H](C)OC(=O)CCC(=O)N[C@@H](CCN)C(=O)N[C@H](C(=O)N[C@@H](CCN)C(=O)N[C@H]1CCNC(=O)[C@H](C(C)O)NC(=O)[C@H](CCN)NC(=O)[C@H](CCN)NC(=O)[C@H](CC(C)C)NC(=O)[C@@H](Cc2ccccc2)NC(=O)[C@H](CCN)NC1=O)C(C)O. The molecule has 13 atom stereocenters. The Morgan fingerprint density at radius 1 is 0.575 bits per heavy atom. The Hall–Kier alpha value is -7.42. The lowest BCUT2D eigenvalue weighted by Gasteiger charge is -2.29. The van der Waals surface area contributed by atoms with Crippen LogP contribution in [-0.4, -0.2) is 199 Å². The Morgan fingerprint density at radius 3 is 1.57 bits per heavy atom. The predicted molar refractivity (Wildman–Crippen MR) is 318 cm³/mol. The number of ether oxygens (including phenoxy) is 1. The lowest BCUT2D eigenvalue weighted by atomic mass is 10.00. The number of rotatable bonds is 29. The molecule has 23 N–H and O–H groups in total. The molecule has 0 aromatic heterocycles. The summed E-state index contributed by atoms with van der Waals surface area (Å²) >= 11 is 0. The molecule has 0 spiro atoms. The third kappa shape index (κ3) is 27.4. The molecule has 1 fully saturated rings. The average Bonchev–Trinajstić information content (AvgIpc) is 3.64. The van der Waals surface area contributed by atoms with Gasteiger partial charge in [0, 0.05) is 19.4 Å². The summed E-state index contributed by atoms with van der Waals surface area (Å²) in [5, 5.41) is 49.3. The van der Waals surface area contributed by atoms with E-state index in [9.17, 15) is 67.7 Å². The highest BCUT2D eigenvalue weighted by Gasteiger charge is 2.38. The van der Waals surface area contributed by atoms with Crippen molar-refractivity contribution in [3.05, 3.63) is 35.9 Å². The van der Waals surface area contributed by atoms with E-state index in [4.69, 9.17) is 33.4 Å². The first kappa shape index (κ1) is 75.7. The number of benzene rings is 1. The minimum atomic E-state index is -1.78. The highest BCUT2D eigenvalue weighted by atomic mass is 16.5. The molecule has 0 radical (unpaired) electrons. The molecule has 31 nitrogen and oxygen atoms in total. The van der Waals surface area contributed by atoms with Crippen LogP contribution < -0.4 is 87.2 Å². The Balaban J connectivity index is 2.66. The number of carbonyl (C=O) groups excluding carboxylic acids is 12. The summed E-state index contributed by atoms with van der Waals surface area (Å²) in [6.07, 6.45) is -4.46. The maximum atomic E-state index is 14.5. The van der Waals surface area contributed by atoms with Crippen molar-refractivity contribution in [1.29, 1.82) is 0 Å². The van der Waals surface area contributed by atoms with Crippen LogP contribution in [0.2, 0.25) is 0 Å². The maximum absolute atomic E-state index is 14.5. The molecule has 0 bridgehead atoms. The van der Waals surface area contributed by atoms with E-state index >= 15 is 0 Å². The van der Waals surface area contributed by atoms with Gasteiger partial charge in [-0.25, -0.2) is 0 Å². The largest absolute Gasteiger partial charge is 0.463 e. The fourth-order valence-corrected chi connectivity index (χ4v) is 9.10. The summed E-state index contributed by atoms with van der Waals surface area (Å²) in [5.41, 5.74) is 29.9. The zero-order valence-electron chi connectivity index (χ0n) is 50.8. The van der Waals surface area contributed by atoms with Crippen LogP contribution in [0.3, 0.4) is 0 Å². The standard InChI is InChI=1S/C56H96N16O15/c1-7-11-31(4)87-44(76)15-14-43(75)63-35(16-22-57)51(81)72-46(33(6)74)56(86)68-38(19-25-60)48(78)67-40-21-27-62-55(85)45(32(5)73)71-52(82)39(20-26-61)65-47(77)36(17-23-58)66-53(83)41(28-30(2)3)69-54(84)42(29-34-12-9-8-10-13-34)70-49(79)37(18-24-59)64-50(40)80/h8-10,12-13,30-33,35-42,45-46,73-74H,7,11,14-29,57-61H2,1-6H3,(H,62,85)(H,63,75)(H,64,80)(H,65,77)(H,66,83)(H,67,78)(H,68,86)(H,69,84)(H,70,79)(H,71,82)(H,72,81)/t31-,32?,33?,35+,36+,37+,38+,39+,40+,41+,42-,45+,46+/m1/s1. The molecule has 1 aliphatic heterocycles. The van der Waals surface area contributed by atoms with Gasteiger partial charge in [0.15, 0.2) is 0 Å². The maximum Gasteiger partial charge on any atom is 0.306 e. The van der Waals surface area contributed by atoms with E-state index in [1.54, 1.807) is 51.1 Å². The van der Waals surface area contributed by atoms with Gasteiger partial charge in [-0.05, 0) is 116 Å². The summed E-state index contributed by atoms with van der Waals surface area (Å²) in [7, 11) is 0. The molecule has 2 unspecified atom stereocenters. The molecule has 1 heterocycles. The minimum Gasteiger partial charge on any atom is -0.463 e. The van der Waals surface area contributed by atoms with E-state index < -0.39 is 157 Å². The molecule has 31 heteroatoms. The fourth-order valence-electron chi connectivity index (χ4n) is 9.10. The van der Waals surface area contributed by atoms with Gasteiger partial charge >= 0.3 is 5.97 Å². The number of aliphatic hydroxyl groups is 2. The number of nitrogens with one attached hydrogen (secondary N) is 11. The average molecular weight is 1230 g/mol. The number of hydrogen-bond donors (Lipinski definition) is 18. The lowest BCUT2D eigenvalue weighted by Crippen LogP contribution is -2.62. The highest BCUT2D eigenvalue weighted by molar-refractivity contribution is 5.99. The highest BCUT2D eigenvalue weighted by Crippen LogP contribution is 2.12. The zero-order chi connectivity index (χ0) is 65.3. The lowest BCUT2D eigenvalue weighted by molar-refractivity contribution is -0.149. The fraction of sp³-hybridized carbons (Fsp3) is 0.679. The van der Waals surface area contributed by atoms with E-state index in [-0.39, 0.29) is 103 Å². The van der Waals surface area contributed by atoms with E-state index in [0.717, 1.165) is 13.3 Å². The van der Waals surface area contributed by atoms with Crippen LogP contribution >= 0.6 is 0 Å². The molecule has 1 aromatic rings. The van der Waals surface area contributed by atoms with Crippen LogP contribution in [0, 0.1) is 5.92 Å². The van der Waals surface area contributed by atoms with Crippen molar-refractivity contribution in [2.24, 2.45) is 34.6 Å². The van der Waals surface area contributed by atoms with Crippen molar-refractivity contribution < 1.29 is 72.5 Å². The van der Waals surface area contributed by atoms with Gasteiger partial charge in [0.05, 0.1) is 24.7 Å². The van der Waals surface area contributed by atoms with Crippen LogP contribution in [0.15, 0.2) is 30.3 Å². The van der Waals surface area contributed by atoms with Crippen LogP contribution in [0.25, 0.3) is 0 Å². The van der Waals surface area contributed by atoms with Crippen molar-refractivity contribution in [2.75, 3.05) is 39.3 Å². The molecule has 0 aliphatic carbocycles. The van der Waals surface area contributed by atoms with Crippen LogP contribution in [0.4, 0.5) is 0 Å². The Bertz CT molecular complexity index is 2420. The van der Waals surface area contributed by atoms with Crippen molar-refractivity contribution in [3.63, 3.8) is 0 Å². The van der Waals surface area contributed by atoms with Crippen molar-refractivity contribution in [3.8, 4) is 0 Å². The molecule has 490 valence electrons. The van der Waals surface area contributed by atoms with Crippen molar-refractivity contribution in [2.45, 2.75) is 197 Å². The van der Waals surface area contributed by atoms with E-state index in [2.05, 4.69) is 58.5 Å². The monoisotopic (exact) mass is 1230 g/mol. The second kappa shape index (κ2) is 40.1. The smallest absolute Gasteiger partial charge is 0.306 e. The molecule has 1 saturated heterocycles. The van der Waals surface area contributed by atoms with Gasteiger partial charge in [-0.1, -0.05) is 57.5 Å². The normalized spacial score (nSPS) is 22.6. The first-order valence-electron chi connectivity index (χ1n) is 29.6. The van der Waals surface area contributed by atoms with E-state index in [0.29, 0.717) is 12.0 Å². The Morgan fingerprint density at radius 2 is 1.07 bits per heavy atom. The number of esters is 1. The second-order valence-electron chi connectivity index (χ2n) is 21.9. The molecular weight excluding hydrogens is 1140 g/mol. The van der Waals surface area contributed by atoms with Crippen molar-refractivity contribution >= 4 is 70.9 Å². The van der Waals surface area contributed by atoms with Gasteiger partial charge in [-0.15, -0.1) is 0 Å². The first-order valence-corrected chi connectivity index (χ1v) is 29.6. The van der Waals surface area contributed by atoms with Crippen LogP contribution in [0.1, 0.15) is 118 Å². The zero-order valence-corrected chi connectivity index (χ0v) is 50.8. The summed E-state index contributed by atoms with van der Waals surface area (Å²) in [4.78, 5) is 166. The topological polar surface area (TPSA) is 517 Å². The molecule has 87 heavy (non-hydrogen) atoms. The second-order valence-corrected chi connectivity index (χ2v) is 21.9.